The van der Waals surface area contributed by atoms with Gasteiger partial charge in [-0.05, 0) is 36.5 Å². The van der Waals surface area contributed by atoms with Gasteiger partial charge < -0.3 is 10.7 Å². The van der Waals surface area contributed by atoms with Crippen LogP contribution in [0.15, 0.2) is 30.5 Å². The van der Waals surface area contributed by atoms with E-state index in [4.69, 9.17) is 5.73 Å². The minimum Gasteiger partial charge on any atom is -0.361 e. The number of hydrogen-bond acceptors (Lipinski definition) is 1. The molecule has 1 atom stereocenters. The number of fused-ring (bicyclic) bond motifs is 1. The summed E-state index contributed by atoms with van der Waals surface area (Å²) >= 11 is 0. The van der Waals surface area contributed by atoms with Crippen LogP contribution in [0.3, 0.4) is 0 Å². The third kappa shape index (κ3) is 1.15. The van der Waals surface area contributed by atoms with Crippen molar-refractivity contribution in [2.45, 2.75) is 18.9 Å². The average molecular weight is 186 g/mol. The lowest BCUT2D eigenvalue weighted by molar-refractivity contribution is 0.638. The maximum Gasteiger partial charge on any atom is 0.0457 e. The third-order valence-corrected chi connectivity index (χ3v) is 3.12. The Morgan fingerprint density at radius 3 is 2.93 bits per heavy atom. The van der Waals surface area contributed by atoms with Gasteiger partial charge in [0.1, 0.15) is 0 Å². The van der Waals surface area contributed by atoms with Gasteiger partial charge in [-0.3, -0.25) is 0 Å². The average Bonchev–Trinajstić information content (AvgIpc) is 2.94. The Hall–Kier alpha value is -1.28. The highest BCUT2D eigenvalue weighted by atomic mass is 14.7. The molecule has 1 aliphatic rings. The normalized spacial score (nSPS) is 18.6. The standard InChI is InChI=1S/C12H14N2/c13-12(8-4-5-8)10-2-1-3-11-9(10)6-7-14-11/h1-3,6-8,12,14H,4-5,13H2/t12-/m1/s1. The molecular formula is C12H14N2. The second kappa shape index (κ2) is 2.85. The van der Waals surface area contributed by atoms with E-state index in [-0.39, 0.29) is 6.04 Å². The fraction of sp³-hybridized carbons (Fsp3) is 0.333. The molecular weight excluding hydrogens is 172 g/mol. The first-order valence-electron chi connectivity index (χ1n) is 5.18. The van der Waals surface area contributed by atoms with E-state index in [0.29, 0.717) is 0 Å². The summed E-state index contributed by atoms with van der Waals surface area (Å²) in [7, 11) is 0. The van der Waals surface area contributed by atoms with Crippen molar-refractivity contribution in [1.29, 1.82) is 0 Å². The highest BCUT2D eigenvalue weighted by molar-refractivity contribution is 5.83. The Morgan fingerprint density at radius 2 is 2.14 bits per heavy atom. The van der Waals surface area contributed by atoms with Crippen molar-refractivity contribution in [1.82, 2.24) is 4.98 Å². The van der Waals surface area contributed by atoms with Crippen LogP contribution in [0.1, 0.15) is 24.4 Å². The largest absolute Gasteiger partial charge is 0.361 e. The first kappa shape index (κ1) is 8.06. The lowest BCUT2D eigenvalue weighted by atomic mass is 10.00. The molecule has 0 aliphatic heterocycles. The van der Waals surface area contributed by atoms with Crippen molar-refractivity contribution < 1.29 is 0 Å². The first-order chi connectivity index (χ1) is 6.86. The molecule has 14 heavy (non-hydrogen) atoms. The smallest absolute Gasteiger partial charge is 0.0457 e. The monoisotopic (exact) mass is 186 g/mol. The Labute approximate surface area is 83.1 Å². The summed E-state index contributed by atoms with van der Waals surface area (Å²) in [6, 6.07) is 8.68. The zero-order chi connectivity index (χ0) is 9.54. The van der Waals surface area contributed by atoms with Crippen LogP contribution in [0.5, 0.6) is 0 Å². The van der Waals surface area contributed by atoms with Crippen LogP contribution in [0.25, 0.3) is 10.9 Å². The predicted molar refractivity (Wildman–Crippen MR) is 58.0 cm³/mol. The fourth-order valence-corrected chi connectivity index (χ4v) is 2.11. The molecule has 2 heteroatoms. The molecule has 0 amide bonds. The van der Waals surface area contributed by atoms with Crippen LogP contribution < -0.4 is 5.73 Å². The van der Waals surface area contributed by atoms with Gasteiger partial charge in [-0.25, -0.2) is 0 Å². The molecule has 1 aliphatic carbocycles. The van der Waals surface area contributed by atoms with Crippen molar-refractivity contribution in [3.8, 4) is 0 Å². The van der Waals surface area contributed by atoms with E-state index >= 15 is 0 Å². The summed E-state index contributed by atoms with van der Waals surface area (Å²) in [5.74, 6) is 0.718. The van der Waals surface area contributed by atoms with Crippen molar-refractivity contribution >= 4 is 10.9 Å². The molecule has 1 saturated carbocycles. The van der Waals surface area contributed by atoms with Crippen LogP contribution in [-0.4, -0.2) is 4.98 Å². The molecule has 3 rings (SSSR count). The van der Waals surface area contributed by atoms with Crippen LogP contribution in [0.2, 0.25) is 0 Å². The molecule has 1 heterocycles. The fourth-order valence-electron chi connectivity index (χ4n) is 2.11. The van der Waals surface area contributed by atoms with E-state index in [1.807, 2.05) is 6.20 Å². The van der Waals surface area contributed by atoms with Crippen LogP contribution in [0.4, 0.5) is 0 Å². The van der Waals surface area contributed by atoms with Gasteiger partial charge in [0.2, 0.25) is 0 Å². The first-order valence-corrected chi connectivity index (χ1v) is 5.18. The summed E-state index contributed by atoms with van der Waals surface area (Å²) in [5, 5.41) is 1.28. The highest BCUT2D eigenvalue weighted by Gasteiger charge is 2.30. The third-order valence-electron chi connectivity index (χ3n) is 3.12. The molecule has 2 nitrogen and oxygen atoms in total. The van der Waals surface area contributed by atoms with Crippen LogP contribution in [0, 0.1) is 5.92 Å². The quantitative estimate of drug-likeness (QED) is 0.743. The lowest BCUT2D eigenvalue weighted by Gasteiger charge is -2.11. The number of hydrogen-bond donors (Lipinski definition) is 2. The van der Waals surface area contributed by atoms with Crippen LogP contribution >= 0.6 is 0 Å². The number of H-pyrrole nitrogens is 1. The zero-order valence-corrected chi connectivity index (χ0v) is 8.03. The van der Waals surface area contributed by atoms with Gasteiger partial charge in [0.25, 0.3) is 0 Å². The molecule has 1 aromatic carbocycles. The summed E-state index contributed by atoms with van der Waals surface area (Å²) in [4.78, 5) is 3.22. The van der Waals surface area contributed by atoms with Gasteiger partial charge in [-0.2, -0.15) is 0 Å². The maximum atomic E-state index is 6.21. The molecule has 0 spiro atoms. The zero-order valence-electron chi connectivity index (χ0n) is 8.03. The van der Waals surface area contributed by atoms with Crippen molar-refractivity contribution in [2.75, 3.05) is 0 Å². The van der Waals surface area contributed by atoms with Gasteiger partial charge in [0.15, 0.2) is 0 Å². The number of aromatic amines is 1. The number of nitrogens with one attached hydrogen (secondary N) is 1. The van der Waals surface area contributed by atoms with Gasteiger partial charge in [0.05, 0.1) is 0 Å². The molecule has 0 unspecified atom stereocenters. The molecule has 0 radical (unpaired) electrons. The summed E-state index contributed by atoms with van der Waals surface area (Å²) in [6.45, 7) is 0. The Bertz CT molecular complexity index is 454. The molecule has 0 saturated heterocycles. The second-order valence-corrected chi connectivity index (χ2v) is 4.15. The van der Waals surface area contributed by atoms with Gasteiger partial charge in [-0.1, -0.05) is 12.1 Å². The summed E-state index contributed by atoms with van der Waals surface area (Å²) in [5.41, 5.74) is 8.70. The molecule has 0 bridgehead atoms. The summed E-state index contributed by atoms with van der Waals surface area (Å²) < 4.78 is 0. The number of aromatic nitrogens is 1. The van der Waals surface area contributed by atoms with Crippen molar-refractivity contribution in [2.24, 2.45) is 11.7 Å². The van der Waals surface area contributed by atoms with E-state index < -0.39 is 0 Å². The topological polar surface area (TPSA) is 41.8 Å². The van der Waals surface area contributed by atoms with Crippen molar-refractivity contribution in [3.63, 3.8) is 0 Å². The minimum absolute atomic E-state index is 0.231. The maximum absolute atomic E-state index is 6.21. The van der Waals surface area contributed by atoms with Gasteiger partial charge in [0, 0.05) is 23.1 Å². The molecule has 2 aromatic rings. The van der Waals surface area contributed by atoms with E-state index in [9.17, 15) is 0 Å². The second-order valence-electron chi connectivity index (χ2n) is 4.15. The van der Waals surface area contributed by atoms with E-state index in [1.54, 1.807) is 0 Å². The molecule has 1 aromatic heterocycles. The Morgan fingerprint density at radius 1 is 1.29 bits per heavy atom. The van der Waals surface area contributed by atoms with E-state index in [1.165, 1.54) is 29.3 Å². The van der Waals surface area contributed by atoms with E-state index in [0.717, 1.165) is 5.92 Å². The van der Waals surface area contributed by atoms with E-state index in [2.05, 4.69) is 29.2 Å². The lowest BCUT2D eigenvalue weighted by Crippen LogP contribution is -2.12. The van der Waals surface area contributed by atoms with Crippen molar-refractivity contribution in [3.05, 3.63) is 36.0 Å². The Kier molecular flexibility index (Phi) is 1.64. The number of benzene rings is 1. The number of rotatable bonds is 2. The summed E-state index contributed by atoms with van der Waals surface area (Å²) in [6.07, 6.45) is 4.57. The predicted octanol–water partition coefficient (Wildman–Crippen LogP) is 2.58. The van der Waals surface area contributed by atoms with Gasteiger partial charge in [-0.15, -0.1) is 0 Å². The van der Waals surface area contributed by atoms with Crippen LogP contribution in [-0.2, 0) is 0 Å². The van der Waals surface area contributed by atoms with Gasteiger partial charge >= 0.3 is 0 Å². The Balaban J connectivity index is 2.14. The molecule has 1 fully saturated rings. The molecule has 3 N–H and O–H groups in total. The highest BCUT2D eigenvalue weighted by Crippen LogP contribution is 2.41. The number of nitrogens with two attached hydrogens (primary N) is 1. The molecule has 72 valence electrons. The minimum atomic E-state index is 0.231. The SMILES string of the molecule is N[C@@H](c1cccc2[nH]ccc12)C1CC1.